The van der Waals surface area contributed by atoms with E-state index >= 15 is 0 Å². The first-order valence-electron chi connectivity index (χ1n) is 12.5. The summed E-state index contributed by atoms with van der Waals surface area (Å²) in [5, 5.41) is 11.1. The summed E-state index contributed by atoms with van der Waals surface area (Å²) in [7, 11) is -4.41. The van der Waals surface area contributed by atoms with E-state index in [0.29, 0.717) is 0 Å². The normalized spacial score (nSPS) is 26.4. The molecule has 0 amide bonds. The first kappa shape index (κ1) is 31.6. The van der Waals surface area contributed by atoms with Crippen molar-refractivity contribution in [3.8, 4) is 5.75 Å². The minimum absolute atomic E-state index is 0.0119. The second-order valence-corrected chi connectivity index (χ2v) is 11.0. The number of rotatable bonds is 8. The molecule has 0 radical (unpaired) electrons. The molecule has 0 spiro atoms. The van der Waals surface area contributed by atoms with Crippen LogP contribution in [-0.2, 0) is 53.6 Å². The van der Waals surface area contributed by atoms with Crippen LogP contribution in [0.5, 0.6) is 5.75 Å². The zero-order valence-corrected chi connectivity index (χ0v) is 24.0. The Kier molecular flexibility index (Phi) is 9.15. The van der Waals surface area contributed by atoms with Gasteiger partial charge in [0.15, 0.2) is 24.5 Å². The van der Waals surface area contributed by atoms with Gasteiger partial charge >= 0.3 is 31.4 Å². The Hall–Kier alpha value is -4.38. The minimum atomic E-state index is -4.41. The van der Waals surface area contributed by atoms with E-state index in [2.05, 4.69) is 4.98 Å². The highest BCUT2D eigenvalue weighted by molar-refractivity contribution is 7.49. The number of phosphoric ester groups is 1. The van der Waals surface area contributed by atoms with Crippen LogP contribution in [0.1, 0.15) is 38.1 Å². The maximum atomic E-state index is 13.3. The van der Waals surface area contributed by atoms with Gasteiger partial charge in [-0.3, -0.25) is 47.9 Å². The Labute approximate surface area is 241 Å². The maximum absolute atomic E-state index is 13.3. The minimum Gasteiger partial charge on any atom is -0.456 e. The number of hydrogen-bond acceptors (Lipinski definition) is 15. The van der Waals surface area contributed by atoms with Gasteiger partial charge in [0.1, 0.15) is 11.9 Å². The van der Waals surface area contributed by atoms with Crippen molar-refractivity contribution >= 4 is 31.4 Å². The standard InChI is InChI=1S/C24H26N3O15P/c1-11-8-26(24(32)25-22(11)31)23-21(40-14(4)30)20(39-13(3)29)19(38-12(2)28)18(41-23)10-37-43(35)36-9-15-7-16(27(33)34)5-6-17(15)42-43/h5-8,18-21,23H,9-10H2,1-4H3,(H,25,31,32)/t18-,19-,20+,21-,23-,43?/m1/s1. The molecule has 3 heterocycles. The second kappa shape index (κ2) is 12.5. The van der Waals surface area contributed by atoms with E-state index in [1.807, 2.05) is 0 Å². The molecule has 0 aliphatic carbocycles. The molecule has 2 aromatic rings. The molecule has 6 atom stereocenters. The zero-order valence-electron chi connectivity index (χ0n) is 23.1. The molecule has 1 aromatic carbocycles. The Morgan fingerprint density at radius 2 is 1.70 bits per heavy atom. The number of hydrogen-bond donors (Lipinski definition) is 1. The largest absolute Gasteiger partial charge is 0.530 e. The number of nitro benzene ring substituents is 1. The number of aromatic amines is 1. The number of phosphoric acid groups is 1. The van der Waals surface area contributed by atoms with Gasteiger partial charge in [0, 0.05) is 50.2 Å². The van der Waals surface area contributed by atoms with Crippen LogP contribution < -0.4 is 15.8 Å². The second-order valence-electron chi connectivity index (χ2n) is 9.42. The van der Waals surface area contributed by atoms with E-state index in [1.165, 1.54) is 19.1 Å². The number of nitrogens with one attached hydrogen (secondary N) is 1. The SMILES string of the molecule is CC(=O)O[C@@H]1[C@@H](OC(C)=O)[C@H](n2cc(C)c(=O)[nH]c2=O)O[C@H](COP2(=O)OCc3cc([N+](=O)[O-])ccc3O2)[C@H]1OC(C)=O. The molecule has 43 heavy (non-hydrogen) atoms. The number of carbonyl (C=O) groups is 3. The van der Waals surface area contributed by atoms with Gasteiger partial charge in [-0.05, 0) is 13.0 Å². The molecular weight excluding hydrogens is 601 g/mol. The Morgan fingerprint density at radius 1 is 1.07 bits per heavy atom. The van der Waals surface area contributed by atoms with E-state index in [1.54, 1.807) is 0 Å². The van der Waals surface area contributed by atoms with Crippen molar-refractivity contribution in [1.29, 1.82) is 0 Å². The average molecular weight is 627 g/mol. The fourth-order valence-corrected chi connectivity index (χ4v) is 5.64. The monoisotopic (exact) mass is 627 g/mol. The molecule has 18 nitrogen and oxygen atoms in total. The van der Waals surface area contributed by atoms with Crippen LogP contribution in [0.15, 0.2) is 34.0 Å². The van der Waals surface area contributed by atoms with Gasteiger partial charge in [-0.1, -0.05) is 0 Å². The number of aromatic nitrogens is 2. The third-order valence-electron chi connectivity index (χ3n) is 6.18. The number of ether oxygens (including phenoxy) is 4. The molecule has 1 aromatic heterocycles. The number of fused-ring (bicyclic) bond motifs is 1. The molecule has 1 saturated heterocycles. The molecule has 2 aliphatic heterocycles. The van der Waals surface area contributed by atoms with Crippen molar-refractivity contribution in [2.24, 2.45) is 0 Å². The molecule has 1 fully saturated rings. The van der Waals surface area contributed by atoms with Gasteiger partial charge < -0.3 is 23.5 Å². The van der Waals surface area contributed by atoms with E-state index in [0.717, 1.165) is 37.6 Å². The predicted octanol–water partition coefficient (Wildman–Crippen LogP) is 1.18. The van der Waals surface area contributed by atoms with Gasteiger partial charge in [0.25, 0.3) is 11.2 Å². The number of aryl methyl sites for hydroxylation is 1. The highest BCUT2D eigenvalue weighted by Crippen LogP contribution is 2.55. The van der Waals surface area contributed by atoms with Crippen molar-refractivity contribution in [2.75, 3.05) is 6.61 Å². The van der Waals surface area contributed by atoms with Gasteiger partial charge in [-0.25, -0.2) is 9.36 Å². The van der Waals surface area contributed by atoms with Crippen LogP contribution in [0.25, 0.3) is 0 Å². The van der Waals surface area contributed by atoms with E-state index in [9.17, 15) is 38.7 Å². The summed E-state index contributed by atoms with van der Waals surface area (Å²) >= 11 is 0. The summed E-state index contributed by atoms with van der Waals surface area (Å²) in [5.74, 6) is -2.65. The lowest BCUT2D eigenvalue weighted by atomic mass is 9.97. The van der Waals surface area contributed by atoms with Crippen LogP contribution >= 0.6 is 7.82 Å². The van der Waals surface area contributed by atoms with Gasteiger partial charge in [-0.15, -0.1) is 0 Å². The molecule has 0 bridgehead atoms. The number of H-pyrrole nitrogens is 1. The predicted molar refractivity (Wildman–Crippen MR) is 139 cm³/mol. The lowest BCUT2D eigenvalue weighted by Crippen LogP contribution is -2.61. The summed E-state index contributed by atoms with van der Waals surface area (Å²) in [6.45, 7) is 3.39. The Balaban J connectivity index is 1.70. The number of nitrogens with zero attached hydrogens (tertiary/aromatic N) is 2. The van der Waals surface area contributed by atoms with Crippen LogP contribution in [0.2, 0.25) is 0 Å². The van der Waals surface area contributed by atoms with Crippen molar-refractivity contribution in [3.63, 3.8) is 0 Å². The third-order valence-corrected chi connectivity index (χ3v) is 7.51. The molecule has 19 heteroatoms. The first-order chi connectivity index (χ1) is 20.2. The Bertz CT molecular complexity index is 1620. The van der Waals surface area contributed by atoms with Gasteiger partial charge in [0.05, 0.1) is 18.1 Å². The van der Waals surface area contributed by atoms with Crippen molar-refractivity contribution in [2.45, 2.75) is 64.9 Å². The van der Waals surface area contributed by atoms with Crippen LogP contribution in [0, 0.1) is 17.0 Å². The average Bonchev–Trinajstić information content (AvgIpc) is 2.91. The summed E-state index contributed by atoms with van der Waals surface area (Å²) in [5.41, 5.74) is -1.65. The highest BCUT2D eigenvalue weighted by Gasteiger charge is 2.53. The van der Waals surface area contributed by atoms with Crippen LogP contribution in [0.3, 0.4) is 0 Å². The van der Waals surface area contributed by atoms with Crippen LogP contribution in [-0.4, -0.2) is 63.4 Å². The molecule has 232 valence electrons. The lowest BCUT2D eigenvalue weighted by Gasteiger charge is -2.44. The number of carbonyl (C=O) groups excluding carboxylic acids is 3. The van der Waals surface area contributed by atoms with Gasteiger partial charge in [-0.2, -0.15) is 0 Å². The van der Waals surface area contributed by atoms with E-state index < -0.39 is 79.2 Å². The van der Waals surface area contributed by atoms with Crippen molar-refractivity contribution < 1.29 is 56.4 Å². The number of benzene rings is 1. The molecule has 1 N–H and O–H groups in total. The molecule has 4 rings (SSSR count). The molecule has 0 saturated carbocycles. The van der Waals surface area contributed by atoms with Gasteiger partial charge in [0.2, 0.25) is 0 Å². The van der Waals surface area contributed by atoms with Crippen LogP contribution in [0.4, 0.5) is 5.69 Å². The van der Waals surface area contributed by atoms with Crippen molar-refractivity contribution in [3.05, 3.63) is 66.5 Å². The molecule has 2 aliphatic rings. The first-order valence-corrected chi connectivity index (χ1v) is 14.0. The fraction of sp³-hybridized carbons (Fsp3) is 0.458. The molecule has 1 unspecified atom stereocenters. The quantitative estimate of drug-likeness (QED) is 0.142. The summed E-state index contributed by atoms with van der Waals surface area (Å²) in [6.07, 6.45) is -6.68. The zero-order chi connectivity index (χ0) is 31.6. The van der Waals surface area contributed by atoms with E-state index in [-0.39, 0.29) is 29.2 Å². The third kappa shape index (κ3) is 7.16. The number of esters is 3. The lowest BCUT2D eigenvalue weighted by molar-refractivity contribution is -0.385. The number of non-ortho nitro benzene ring substituents is 1. The fourth-order valence-electron chi connectivity index (χ4n) is 4.41. The molecular formula is C24H26N3O15P. The Morgan fingerprint density at radius 3 is 2.33 bits per heavy atom. The smallest absolute Gasteiger partial charge is 0.456 e. The highest BCUT2D eigenvalue weighted by atomic mass is 31.2. The summed E-state index contributed by atoms with van der Waals surface area (Å²) < 4.78 is 52.3. The summed E-state index contributed by atoms with van der Waals surface area (Å²) in [6, 6.07) is 3.52. The number of nitro groups is 1. The maximum Gasteiger partial charge on any atom is 0.530 e. The summed E-state index contributed by atoms with van der Waals surface area (Å²) in [4.78, 5) is 73.6. The van der Waals surface area contributed by atoms with E-state index in [4.69, 9.17) is 32.5 Å². The van der Waals surface area contributed by atoms with Crippen molar-refractivity contribution in [1.82, 2.24) is 9.55 Å². The topological polar surface area (TPSA) is 231 Å².